The molecule has 13 heteroatoms. The van der Waals surface area contributed by atoms with Crippen molar-refractivity contribution in [2.75, 3.05) is 37.0 Å². The van der Waals surface area contributed by atoms with Gasteiger partial charge in [-0.15, -0.1) is 0 Å². The Morgan fingerprint density at radius 3 is 2.60 bits per heavy atom. The Hall–Kier alpha value is -5.07. The van der Waals surface area contributed by atoms with Gasteiger partial charge in [-0.2, -0.15) is 0 Å². The Balaban J connectivity index is 1.74. The number of ether oxygens (including phenoxy) is 1. The van der Waals surface area contributed by atoms with Gasteiger partial charge in [0.25, 0.3) is 5.56 Å². The van der Waals surface area contributed by atoms with Crippen molar-refractivity contribution < 1.29 is 28.2 Å². The molecule has 2 N–H and O–H groups in total. The zero-order chi connectivity index (χ0) is 30.7. The molecule has 0 saturated carbocycles. The first-order valence-corrected chi connectivity index (χ1v) is 13.7. The predicted molar refractivity (Wildman–Crippen MR) is 155 cm³/mol. The Labute approximate surface area is 244 Å². The zero-order valence-electron chi connectivity index (χ0n) is 23.8. The number of rotatable bonds is 4. The summed E-state index contributed by atoms with van der Waals surface area (Å²) < 4.78 is 37.9. The molecule has 0 unspecified atom stereocenters. The molecule has 0 bridgehead atoms. The zero-order valence-corrected chi connectivity index (χ0v) is 23.8. The van der Waals surface area contributed by atoms with Gasteiger partial charge < -0.3 is 25.0 Å². The standard InChI is InChI=1S/C30H28F2N6O5/c1-14(2)22-25(15(3)8-9-33-22)38-27-16(12-18(32)23(34-27)21-17(31)6-5-7-20(21)43-4)26-24(29(38)40)35-28(39)19-13-36(30(41)42)10-11-37(19)26/h5-9,12,14,19H,10-11,13H2,1-4H3,(H,35,39)(H,41,42)/t19-/m1/s1. The SMILES string of the molecule is COc1cccc(F)c1-c1nc2c(cc1F)c1c(c(=O)n2-c2c(C)ccnc2C(C)C)NC(=O)[C@H]2CN(C(=O)O)CCN12. The van der Waals surface area contributed by atoms with Gasteiger partial charge in [-0.25, -0.2) is 18.6 Å². The molecule has 0 radical (unpaired) electrons. The molecule has 2 aliphatic rings. The molecule has 3 aromatic heterocycles. The van der Waals surface area contributed by atoms with Crippen LogP contribution in [0.25, 0.3) is 28.0 Å². The maximum absolute atomic E-state index is 16.1. The Kier molecular flexibility index (Phi) is 6.74. The highest BCUT2D eigenvalue weighted by Gasteiger charge is 2.42. The lowest BCUT2D eigenvalue weighted by molar-refractivity contribution is -0.118. The quantitative estimate of drug-likeness (QED) is 0.360. The fraction of sp³-hybridized carbons (Fsp3) is 0.300. The van der Waals surface area contributed by atoms with Crippen molar-refractivity contribution in [3.8, 4) is 22.7 Å². The summed E-state index contributed by atoms with van der Waals surface area (Å²) in [7, 11) is 1.33. The summed E-state index contributed by atoms with van der Waals surface area (Å²) in [5.41, 5.74) is 0.572. The van der Waals surface area contributed by atoms with Gasteiger partial charge >= 0.3 is 6.09 Å². The minimum atomic E-state index is -1.18. The van der Waals surface area contributed by atoms with Crippen molar-refractivity contribution in [2.45, 2.75) is 32.7 Å². The number of nitrogens with one attached hydrogen (secondary N) is 1. The van der Waals surface area contributed by atoms with Crippen LogP contribution in [0.1, 0.15) is 31.0 Å². The third kappa shape index (κ3) is 4.34. The van der Waals surface area contributed by atoms with Crippen LogP contribution in [0, 0.1) is 18.6 Å². The van der Waals surface area contributed by atoms with Crippen molar-refractivity contribution in [3.63, 3.8) is 0 Å². The number of methoxy groups -OCH3 is 1. The lowest BCUT2D eigenvalue weighted by Gasteiger charge is -2.44. The van der Waals surface area contributed by atoms with Crippen molar-refractivity contribution >= 4 is 34.4 Å². The minimum Gasteiger partial charge on any atom is -0.496 e. The van der Waals surface area contributed by atoms with E-state index >= 15 is 8.78 Å². The number of carbonyl (C=O) groups excluding carboxylic acids is 1. The molecule has 1 aromatic carbocycles. The summed E-state index contributed by atoms with van der Waals surface area (Å²) >= 11 is 0. The van der Waals surface area contributed by atoms with Crippen LogP contribution in [0.4, 0.5) is 25.0 Å². The topological polar surface area (TPSA) is 130 Å². The molecule has 6 rings (SSSR count). The molecule has 2 aliphatic heterocycles. The predicted octanol–water partition coefficient (Wildman–Crippen LogP) is 4.29. The van der Waals surface area contributed by atoms with Gasteiger partial charge in [0.2, 0.25) is 5.91 Å². The maximum Gasteiger partial charge on any atom is 0.407 e. The van der Waals surface area contributed by atoms with E-state index in [9.17, 15) is 19.5 Å². The van der Waals surface area contributed by atoms with Gasteiger partial charge in [0.05, 0.1) is 36.3 Å². The second-order valence-corrected chi connectivity index (χ2v) is 10.8. The molecule has 4 aromatic rings. The number of piperazine rings is 1. The van der Waals surface area contributed by atoms with Crippen molar-refractivity contribution in [2.24, 2.45) is 0 Å². The number of anilines is 2. The van der Waals surface area contributed by atoms with Gasteiger partial charge in [-0.05, 0) is 42.7 Å². The van der Waals surface area contributed by atoms with Crippen LogP contribution in [-0.4, -0.2) is 69.3 Å². The average molecular weight is 591 g/mol. The average Bonchev–Trinajstić information content (AvgIpc) is 2.97. The highest BCUT2D eigenvalue weighted by atomic mass is 19.1. The van der Waals surface area contributed by atoms with Crippen LogP contribution in [0.2, 0.25) is 0 Å². The first-order valence-electron chi connectivity index (χ1n) is 13.7. The monoisotopic (exact) mass is 590 g/mol. The second kappa shape index (κ2) is 10.3. The van der Waals surface area contributed by atoms with Gasteiger partial charge in [0, 0.05) is 24.7 Å². The number of aryl methyl sites for hydroxylation is 1. The van der Waals surface area contributed by atoms with Gasteiger partial charge in [0.15, 0.2) is 11.5 Å². The lowest BCUT2D eigenvalue weighted by atomic mass is 10.0. The maximum atomic E-state index is 16.1. The Morgan fingerprint density at radius 2 is 1.91 bits per heavy atom. The third-order valence-electron chi connectivity index (χ3n) is 7.92. The number of nitrogens with zero attached hydrogens (tertiary/aromatic N) is 5. The van der Waals surface area contributed by atoms with E-state index in [1.807, 2.05) is 13.8 Å². The second-order valence-electron chi connectivity index (χ2n) is 10.8. The Morgan fingerprint density at radius 1 is 1.14 bits per heavy atom. The molecule has 1 fully saturated rings. The smallest absolute Gasteiger partial charge is 0.407 e. The fourth-order valence-corrected chi connectivity index (χ4v) is 5.91. The van der Waals surface area contributed by atoms with E-state index in [0.29, 0.717) is 16.9 Å². The summed E-state index contributed by atoms with van der Waals surface area (Å²) in [5, 5.41) is 12.4. The number of aromatic nitrogens is 3. The molecule has 222 valence electrons. The number of amides is 2. The van der Waals surface area contributed by atoms with Crippen molar-refractivity contribution in [3.05, 3.63) is 69.8 Å². The van der Waals surface area contributed by atoms with Crippen molar-refractivity contribution in [1.29, 1.82) is 0 Å². The molecule has 0 aliphatic carbocycles. The summed E-state index contributed by atoms with van der Waals surface area (Å²) in [6.45, 7) is 5.60. The number of carboxylic acid groups (broad SMARTS) is 1. The minimum absolute atomic E-state index is 0.0130. The Bertz CT molecular complexity index is 1890. The summed E-state index contributed by atoms with van der Waals surface area (Å²) in [6, 6.07) is 5.99. The largest absolute Gasteiger partial charge is 0.496 e. The van der Waals surface area contributed by atoms with E-state index in [1.165, 1.54) is 23.8 Å². The van der Waals surface area contributed by atoms with E-state index < -0.39 is 35.2 Å². The van der Waals surface area contributed by atoms with Crippen LogP contribution >= 0.6 is 0 Å². The molecular weight excluding hydrogens is 562 g/mol. The lowest BCUT2D eigenvalue weighted by Crippen LogP contribution is -2.61. The molecule has 5 heterocycles. The van der Waals surface area contributed by atoms with E-state index in [0.717, 1.165) is 17.0 Å². The number of pyridine rings is 3. The highest BCUT2D eigenvalue weighted by molar-refractivity contribution is 6.10. The highest BCUT2D eigenvalue weighted by Crippen LogP contribution is 2.42. The summed E-state index contributed by atoms with van der Waals surface area (Å²) in [4.78, 5) is 51.2. The first-order chi connectivity index (χ1) is 20.5. The molecule has 43 heavy (non-hydrogen) atoms. The van der Waals surface area contributed by atoms with E-state index in [-0.39, 0.29) is 65.0 Å². The third-order valence-corrected chi connectivity index (χ3v) is 7.92. The fourth-order valence-electron chi connectivity index (χ4n) is 5.91. The van der Waals surface area contributed by atoms with Gasteiger partial charge in [-0.3, -0.25) is 19.1 Å². The molecule has 0 spiro atoms. The van der Waals surface area contributed by atoms with Crippen LogP contribution in [0.3, 0.4) is 0 Å². The van der Waals surface area contributed by atoms with Crippen LogP contribution in [-0.2, 0) is 4.79 Å². The summed E-state index contributed by atoms with van der Waals surface area (Å²) in [5.74, 6) is -2.30. The van der Waals surface area contributed by atoms with Crippen molar-refractivity contribution in [1.82, 2.24) is 19.4 Å². The number of halogens is 2. The van der Waals surface area contributed by atoms with Crippen LogP contribution < -0.4 is 20.5 Å². The molecule has 1 saturated heterocycles. The molecule has 2 amide bonds. The van der Waals surface area contributed by atoms with E-state index in [4.69, 9.17) is 4.74 Å². The number of carbonyl (C=O) groups is 2. The number of benzene rings is 1. The molecule has 1 atom stereocenters. The molecule has 11 nitrogen and oxygen atoms in total. The van der Waals surface area contributed by atoms with Gasteiger partial charge in [0.1, 0.15) is 29.0 Å². The van der Waals surface area contributed by atoms with Crippen LogP contribution in [0.15, 0.2) is 41.3 Å². The number of fused-ring (bicyclic) bond motifs is 5. The van der Waals surface area contributed by atoms with Crippen LogP contribution in [0.5, 0.6) is 5.75 Å². The van der Waals surface area contributed by atoms with Gasteiger partial charge in [-0.1, -0.05) is 19.9 Å². The van der Waals surface area contributed by atoms with E-state index in [2.05, 4.69) is 15.3 Å². The first kappa shape index (κ1) is 28.1. The summed E-state index contributed by atoms with van der Waals surface area (Å²) in [6.07, 6.45) is 0.444. The number of hydrogen-bond acceptors (Lipinski definition) is 7. The number of hydrogen-bond donors (Lipinski definition) is 2. The molecular formula is C30H28F2N6O5. The normalized spacial score (nSPS) is 16.3. The van der Waals surface area contributed by atoms with E-state index in [1.54, 1.807) is 24.1 Å².